The van der Waals surface area contributed by atoms with Crippen molar-refractivity contribution in [2.75, 3.05) is 26.2 Å². The molecule has 25 heavy (non-hydrogen) atoms. The van der Waals surface area contributed by atoms with E-state index in [4.69, 9.17) is 0 Å². The first-order chi connectivity index (χ1) is 12.0. The van der Waals surface area contributed by atoms with Crippen molar-refractivity contribution in [1.29, 1.82) is 0 Å². The zero-order valence-corrected chi connectivity index (χ0v) is 15.8. The molecule has 0 spiro atoms. The zero-order valence-electron chi connectivity index (χ0n) is 15.8. The van der Waals surface area contributed by atoms with Gasteiger partial charge < -0.3 is 10.2 Å². The highest BCUT2D eigenvalue weighted by Gasteiger charge is 2.32. The number of rotatable bonds is 8. The van der Waals surface area contributed by atoms with E-state index in [2.05, 4.69) is 55.3 Å². The Labute approximate surface area is 151 Å². The van der Waals surface area contributed by atoms with Gasteiger partial charge >= 0.3 is 0 Å². The van der Waals surface area contributed by atoms with Gasteiger partial charge in [-0.3, -0.25) is 14.5 Å². The molecule has 1 N–H and O–H groups in total. The van der Waals surface area contributed by atoms with Crippen LogP contribution >= 0.6 is 0 Å². The Hall–Kier alpha value is -1.88. The number of aryl methyl sites for hydroxylation is 1. The Bertz CT molecular complexity index is 565. The molecule has 2 rings (SSSR count). The molecule has 5 heteroatoms. The number of hydrogen-bond acceptors (Lipinski definition) is 3. The lowest BCUT2D eigenvalue weighted by Crippen LogP contribution is -2.56. The minimum Gasteiger partial charge on any atom is -0.353 e. The van der Waals surface area contributed by atoms with Crippen LogP contribution in [-0.2, 0) is 16.1 Å². The highest BCUT2D eigenvalue weighted by atomic mass is 16.2. The Morgan fingerprint density at radius 2 is 1.84 bits per heavy atom. The Morgan fingerprint density at radius 3 is 2.44 bits per heavy atom. The maximum Gasteiger partial charge on any atom is 0.237 e. The van der Waals surface area contributed by atoms with Crippen LogP contribution in [0.25, 0.3) is 0 Å². The van der Waals surface area contributed by atoms with Crippen molar-refractivity contribution >= 4 is 11.8 Å². The van der Waals surface area contributed by atoms with Crippen LogP contribution in [0.15, 0.2) is 24.3 Å². The molecule has 1 fully saturated rings. The third-order valence-electron chi connectivity index (χ3n) is 4.66. The minimum absolute atomic E-state index is 0.0281. The molecule has 0 aromatic heterocycles. The van der Waals surface area contributed by atoms with Gasteiger partial charge in [-0.15, -0.1) is 0 Å². The van der Waals surface area contributed by atoms with Crippen molar-refractivity contribution < 1.29 is 9.59 Å². The van der Waals surface area contributed by atoms with Gasteiger partial charge in [0.1, 0.15) is 0 Å². The van der Waals surface area contributed by atoms with Crippen LogP contribution in [0.3, 0.4) is 0 Å². The summed E-state index contributed by atoms with van der Waals surface area (Å²) >= 11 is 0. The molecule has 1 atom stereocenters. The molecule has 0 radical (unpaired) electrons. The molecule has 1 heterocycles. The molecule has 2 amide bonds. The predicted octanol–water partition coefficient (Wildman–Crippen LogP) is 2.33. The van der Waals surface area contributed by atoms with Crippen molar-refractivity contribution in [2.24, 2.45) is 0 Å². The van der Waals surface area contributed by atoms with E-state index in [1.165, 1.54) is 11.1 Å². The highest BCUT2D eigenvalue weighted by Crippen LogP contribution is 2.16. The van der Waals surface area contributed by atoms with Crippen LogP contribution in [0.1, 0.15) is 44.2 Å². The van der Waals surface area contributed by atoms with Crippen molar-refractivity contribution in [3.05, 3.63) is 35.4 Å². The molecule has 0 bridgehead atoms. The predicted molar refractivity (Wildman–Crippen MR) is 100 cm³/mol. The van der Waals surface area contributed by atoms with E-state index >= 15 is 0 Å². The fourth-order valence-corrected chi connectivity index (χ4v) is 3.30. The number of nitrogens with zero attached hydrogens (tertiary/aromatic N) is 2. The molecule has 138 valence electrons. The van der Waals surface area contributed by atoms with E-state index in [-0.39, 0.29) is 24.3 Å². The Kier molecular flexibility index (Phi) is 7.44. The Balaban J connectivity index is 2.06. The van der Waals surface area contributed by atoms with Gasteiger partial charge in [0.05, 0.1) is 12.5 Å². The van der Waals surface area contributed by atoms with E-state index in [9.17, 15) is 9.59 Å². The first-order valence-corrected chi connectivity index (χ1v) is 9.40. The molecule has 1 aromatic carbocycles. The van der Waals surface area contributed by atoms with Crippen molar-refractivity contribution in [2.45, 2.75) is 52.6 Å². The van der Waals surface area contributed by atoms with Crippen LogP contribution in [0.2, 0.25) is 0 Å². The molecule has 0 unspecified atom stereocenters. The minimum atomic E-state index is -0.376. The quantitative estimate of drug-likeness (QED) is 0.787. The van der Waals surface area contributed by atoms with E-state index in [0.717, 1.165) is 32.5 Å². The SMILES string of the molecule is CCCN(CCC)C(=O)C[C@@H]1C(=O)NCCN1Cc1ccc(C)cc1. The molecule has 0 saturated carbocycles. The van der Waals surface area contributed by atoms with Crippen molar-refractivity contribution in [1.82, 2.24) is 15.1 Å². The van der Waals surface area contributed by atoms with Crippen molar-refractivity contribution in [3.8, 4) is 0 Å². The molecule has 1 aliphatic rings. The number of carbonyl (C=O) groups is 2. The molecule has 0 aliphatic carbocycles. The summed E-state index contributed by atoms with van der Waals surface area (Å²) in [6, 6.07) is 7.99. The first kappa shape index (κ1) is 19.4. The van der Waals surface area contributed by atoms with Crippen molar-refractivity contribution in [3.63, 3.8) is 0 Å². The van der Waals surface area contributed by atoms with Gasteiger partial charge in [-0.1, -0.05) is 43.7 Å². The van der Waals surface area contributed by atoms with Crippen LogP contribution in [-0.4, -0.2) is 53.8 Å². The maximum absolute atomic E-state index is 12.7. The van der Waals surface area contributed by atoms with Crippen LogP contribution in [0.4, 0.5) is 0 Å². The summed E-state index contributed by atoms with van der Waals surface area (Å²) < 4.78 is 0. The summed E-state index contributed by atoms with van der Waals surface area (Å²) in [5.41, 5.74) is 2.40. The molecule has 1 saturated heterocycles. The van der Waals surface area contributed by atoms with Gasteiger partial charge in [0.25, 0.3) is 0 Å². The lowest BCUT2D eigenvalue weighted by Gasteiger charge is -2.35. The average Bonchev–Trinajstić information content (AvgIpc) is 2.59. The van der Waals surface area contributed by atoms with Crippen LogP contribution in [0.5, 0.6) is 0 Å². The first-order valence-electron chi connectivity index (χ1n) is 9.40. The van der Waals surface area contributed by atoms with Gasteiger partial charge in [-0.05, 0) is 25.3 Å². The van der Waals surface area contributed by atoms with Gasteiger partial charge in [0.2, 0.25) is 11.8 Å². The summed E-state index contributed by atoms with van der Waals surface area (Å²) in [5, 5.41) is 2.91. The number of amides is 2. The standard InChI is InChI=1S/C20H31N3O2/c1-4-11-22(12-5-2)19(24)14-18-20(25)21-10-13-23(18)15-17-8-6-16(3)7-9-17/h6-9,18H,4-5,10-15H2,1-3H3,(H,21,25)/t18-/m1/s1. The monoisotopic (exact) mass is 345 g/mol. The van der Waals surface area contributed by atoms with Crippen LogP contribution in [0, 0.1) is 6.92 Å². The lowest BCUT2D eigenvalue weighted by molar-refractivity contribution is -0.139. The molecular formula is C20H31N3O2. The molecular weight excluding hydrogens is 314 g/mol. The fourth-order valence-electron chi connectivity index (χ4n) is 3.30. The summed E-state index contributed by atoms with van der Waals surface area (Å²) in [6.45, 7) is 9.86. The van der Waals surface area contributed by atoms with Gasteiger partial charge in [0.15, 0.2) is 0 Å². The summed E-state index contributed by atoms with van der Waals surface area (Å²) in [4.78, 5) is 29.1. The number of piperazine rings is 1. The zero-order chi connectivity index (χ0) is 18.2. The number of hydrogen-bond donors (Lipinski definition) is 1. The lowest BCUT2D eigenvalue weighted by atomic mass is 10.1. The van der Waals surface area contributed by atoms with E-state index in [1.807, 2.05) is 4.90 Å². The summed E-state index contributed by atoms with van der Waals surface area (Å²) in [6.07, 6.45) is 2.14. The molecule has 1 aromatic rings. The number of benzene rings is 1. The number of nitrogens with one attached hydrogen (secondary N) is 1. The topological polar surface area (TPSA) is 52.7 Å². The summed E-state index contributed by atoms with van der Waals surface area (Å²) in [5.74, 6) is 0.0549. The largest absolute Gasteiger partial charge is 0.353 e. The third-order valence-corrected chi connectivity index (χ3v) is 4.66. The van der Waals surface area contributed by atoms with E-state index < -0.39 is 0 Å². The van der Waals surface area contributed by atoms with E-state index in [0.29, 0.717) is 13.1 Å². The second-order valence-electron chi connectivity index (χ2n) is 6.85. The second kappa shape index (κ2) is 9.56. The second-order valence-corrected chi connectivity index (χ2v) is 6.85. The summed E-state index contributed by atoms with van der Waals surface area (Å²) in [7, 11) is 0. The normalized spacial score (nSPS) is 18.0. The fraction of sp³-hybridized carbons (Fsp3) is 0.600. The molecule has 5 nitrogen and oxygen atoms in total. The highest BCUT2D eigenvalue weighted by molar-refractivity contribution is 5.88. The van der Waals surface area contributed by atoms with E-state index in [1.54, 1.807) is 0 Å². The van der Waals surface area contributed by atoms with Gasteiger partial charge in [0, 0.05) is 32.7 Å². The third kappa shape index (κ3) is 5.56. The molecule has 1 aliphatic heterocycles. The average molecular weight is 345 g/mol. The maximum atomic E-state index is 12.7. The van der Waals surface area contributed by atoms with Gasteiger partial charge in [-0.25, -0.2) is 0 Å². The van der Waals surface area contributed by atoms with Gasteiger partial charge in [-0.2, -0.15) is 0 Å². The Morgan fingerprint density at radius 1 is 1.20 bits per heavy atom. The van der Waals surface area contributed by atoms with Crippen LogP contribution < -0.4 is 5.32 Å². The smallest absolute Gasteiger partial charge is 0.237 e. The number of carbonyl (C=O) groups excluding carboxylic acids is 2.